The van der Waals surface area contributed by atoms with E-state index in [-0.39, 0.29) is 10.8 Å². The quantitative estimate of drug-likeness (QED) is 0.887. The van der Waals surface area contributed by atoms with Gasteiger partial charge < -0.3 is 10.3 Å². The second-order valence-corrected chi connectivity index (χ2v) is 8.19. The number of nitrogens with two attached hydrogens (primary N) is 1. The van der Waals surface area contributed by atoms with Crippen LogP contribution < -0.4 is 5.73 Å². The number of nitrogens with zero attached hydrogens (tertiary/aromatic N) is 2. The fourth-order valence-corrected chi connectivity index (χ4v) is 4.14. The van der Waals surface area contributed by atoms with Crippen LogP contribution in [-0.2, 0) is 15.4 Å². The molecule has 3 rings (SSSR count). The normalized spacial score (nSPS) is 17.5. The van der Waals surface area contributed by atoms with Crippen molar-refractivity contribution in [2.45, 2.75) is 29.7 Å². The number of hydrogen-bond acceptors (Lipinski definition) is 6. The highest BCUT2D eigenvalue weighted by molar-refractivity contribution is 9.10. The number of halogens is 1. The highest BCUT2D eigenvalue weighted by Gasteiger charge is 2.39. The molecule has 0 amide bonds. The zero-order valence-electron chi connectivity index (χ0n) is 11.3. The van der Waals surface area contributed by atoms with E-state index >= 15 is 0 Å². The van der Waals surface area contributed by atoms with E-state index in [2.05, 4.69) is 26.1 Å². The zero-order valence-corrected chi connectivity index (χ0v) is 13.7. The molecule has 2 N–H and O–H groups in total. The predicted molar refractivity (Wildman–Crippen MR) is 80.3 cm³/mol. The van der Waals surface area contributed by atoms with E-state index in [1.54, 1.807) is 12.1 Å². The van der Waals surface area contributed by atoms with Crippen molar-refractivity contribution in [2.75, 3.05) is 6.26 Å². The Bertz CT molecular complexity index is 797. The van der Waals surface area contributed by atoms with Crippen LogP contribution >= 0.6 is 15.9 Å². The van der Waals surface area contributed by atoms with Crippen LogP contribution in [0.2, 0.25) is 0 Å². The lowest BCUT2D eigenvalue weighted by atomic mass is 9.77. The van der Waals surface area contributed by atoms with Crippen LogP contribution in [-0.4, -0.2) is 24.8 Å². The maximum Gasteiger partial charge on any atom is 0.258 e. The molecule has 0 atom stereocenters. The monoisotopic (exact) mass is 371 g/mol. The van der Waals surface area contributed by atoms with Crippen molar-refractivity contribution < 1.29 is 12.9 Å². The molecule has 6 nitrogen and oxygen atoms in total. The average Bonchev–Trinajstić information content (AvgIpc) is 2.85. The summed E-state index contributed by atoms with van der Waals surface area (Å²) < 4.78 is 29.2. The molecule has 1 fully saturated rings. The lowest BCUT2D eigenvalue weighted by Gasteiger charge is -2.34. The molecule has 1 saturated carbocycles. The summed E-state index contributed by atoms with van der Waals surface area (Å²) in [4.78, 5) is 4.50. The molecule has 0 spiro atoms. The van der Waals surface area contributed by atoms with Crippen LogP contribution in [0.4, 0.5) is 0 Å². The summed E-state index contributed by atoms with van der Waals surface area (Å²) in [5.41, 5.74) is 6.20. The number of benzene rings is 1. The Morgan fingerprint density at radius 1 is 1.38 bits per heavy atom. The molecular weight excluding hydrogens is 358 g/mol. The van der Waals surface area contributed by atoms with Crippen molar-refractivity contribution in [1.82, 2.24) is 10.1 Å². The van der Waals surface area contributed by atoms with Crippen molar-refractivity contribution in [2.24, 2.45) is 5.73 Å². The summed E-state index contributed by atoms with van der Waals surface area (Å²) in [6.45, 7) is 0. The van der Waals surface area contributed by atoms with Gasteiger partial charge in [-0.3, -0.25) is 0 Å². The Kier molecular flexibility index (Phi) is 3.42. The lowest BCUT2D eigenvalue weighted by molar-refractivity contribution is 0.229. The molecule has 1 heterocycles. The number of aromatic nitrogens is 2. The van der Waals surface area contributed by atoms with Gasteiger partial charge in [0.1, 0.15) is 0 Å². The van der Waals surface area contributed by atoms with E-state index in [1.165, 1.54) is 6.07 Å². The van der Waals surface area contributed by atoms with Gasteiger partial charge in [-0.15, -0.1) is 0 Å². The topological polar surface area (TPSA) is 99.1 Å². The molecule has 1 aliphatic rings. The van der Waals surface area contributed by atoms with E-state index in [9.17, 15) is 8.42 Å². The maximum absolute atomic E-state index is 11.7. The lowest BCUT2D eigenvalue weighted by Crippen LogP contribution is -2.44. The third kappa shape index (κ3) is 2.63. The molecule has 2 aromatic rings. The first-order chi connectivity index (χ1) is 9.79. The Morgan fingerprint density at radius 2 is 2.10 bits per heavy atom. The van der Waals surface area contributed by atoms with Crippen LogP contribution in [0, 0.1) is 0 Å². The molecule has 0 radical (unpaired) electrons. The Morgan fingerprint density at radius 3 is 2.67 bits per heavy atom. The Labute approximate surface area is 130 Å². The van der Waals surface area contributed by atoms with Crippen LogP contribution in [0.25, 0.3) is 11.5 Å². The SMILES string of the molecule is CS(=O)(=O)c1cc(-c2nc(C3(N)CCC3)no2)ccc1Br. The van der Waals surface area contributed by atoms with Gasteiger partial charge in [0.2, 0.25) is 0 Å². The summed E-state index contributed by atoms with van der Waals surface area (Å²) in [5.74, 6) is 0.756. The zero-order chi connectivity index (χ0) is 15.3. The third-order valence-corrected chi connectivity index (χ3v) is 5.79. The Hall–Kier alpha value is -1.25. The van der Waals surface area contributed by atoms with Crippen LogP contribution in [0.3, 0.4) is 0 Å². The standard InChI is InChI=1S/C13H14BrN3O3S/c1-21(18,19)10-7-8(3-4-9(10)14)11-16-12(17-20-11)13(15)5-2-6-13/h3-4,7H,2,5-6,15H2,1H3. The van der Waals surface area contributed by atoms with Gasteiger partial charge in [0.05, 0.1) is 10.4 Å². The molecule has 21 heavy (non-hydrogen) atoms. The van der Waals surface area contributed by atoms with Gasteiger partial charge in [0.25, 0.3) is 5.89 Å². The van der Waals surface area contributed by atoms with Gasteiger partial charge >= 0.3 is 0 Å². The van der Waals surface area contributed by atoms with E-state index in [4.69, 9.17) is 10.3 Å². The van der Waals surface area contributed by atoms with Gasteiger partial charge in [0.15, 0.2) is 15.7 Å². The summed E-state index contributed by atoms with van der Waals surface area (Å²) in [6, 6.07) is 4.89. The van der Waals surface area contributed by atoms with Crippen LogP contribution in [0.1, 0.15) is 25.1 Å². The second kappa shape index (κ2) is 4.89. The summed E-state index contributed by atoms with van der Waals surface area (Å²) in [6.07, 6.45) is 3.87. The molecule has 0 bridgehead atoms. The van der Waals surface area contributed by atoms with Crippen molar-refractivity contribution in [1.29, 1.82) is 0 Å². The summed E-state index contributed by atoms with van der Waals surface area (Å²) in [5, 5.41) is 3.93. The first-order valence-electron chi connectivity index (χ1n) is 6.43. The molecular formula is C13H14BrN3O3S. The fourth-order valence-electron chi connectivity index (χ4n) is 2.24. The summed E-state index contributed by atoms with van der Waals surface area (Å²) in [7, 11) is -3.34. The first kappa shape index (κ1) is 14.7. The van der Waals surface area contributed by atoms with Crippen molar-refractivity contribution >= 4 is 25.8 Å². The number of hydrogen-bond donors (Lipinski definition) is 1. The molecule has 1 aliphatic carbocycles. The third-order valence-electron chi connectivity index (χ3n) is 3.69. The minimum absolute atomic E-state index is 0.186. The van der Waals surface area contributed by atoms with Gasteiger partial charge in [0, 0.05) is 16.3 Å². The molecule has 0 unspecified atom stereocenters. The Balaban J connectivity index is 2.02. The number of sulfone groups is 1. The average molecular weight is 372 g/mol. The van der Waals surface area contributed by atoms with Gasteiger partial charge in [-0.25, -0.2) is 8.42 Å². The minimum Gasteiger partial charge on any atom is -0.334 e. The van der Waals surface area contributed by atoms with E-state index in [1.807, 2.05) is 0 Å². The molecule has 1 aromatic carbocycles. The molecule has 112 valence electrons. The van der Waals surface area contributed by atoms with Crippen molar-refractivity contribution in [3.63, 3.8) is 0 Å². The molecule has 0 aliphatic heterocycles. The number of rotatable bonds is 3. The second-order valence-electron chi connectivity index (χ2n) is 5.35. The molecule has 1 aromatic heterocycles. The maximum atomic E-state index is 11.7. The fraction of sp³-hybridized carbons (Fsp3) is 0.385. The van der Waals surface area contributed by atoms with Crippen LogP contribution in [0.5, 0.6) is 0 Å². The molecule has 8 heteroatoms. The first-order valence-corrected chi connectivity index (χ1v) is 9.11. The van der Waals surface area contributed by atoms with Crippen molar-refractivity contribution in [3.8, 4) is 11.5 Å². The van der Waals surface area contributed by atoms with Gasteiger partial charge in [-0.1, -0.05) is 5.16 Å². The minimum atomic E-state index is -3.34. The van der Waals surface area contributed by atoms with E-state index in [0.29, 0.717) is 15.9 Å². The van der Waals surface area contributed by atoms with Crippen LogP contribution in [0.15, 0.2) is 32.1 Å². The van der Waals surface area contributed by atoms with Gasteiger partial charge in [-0.2, -0.15) is 4.98 Å². The molecule has 0 saturated heterocycles. The summed E-state index contributed by atoms with van der Waals surface area (Å²) >= 11 is 3.23. The van der Waals surface area contributed by atoms with Crippen molar-refractivity contribution in [3.05, 3.63) is 28.5 Å². The van der Waals surface area contributed by atoms with E-state index in [0.717, 1.165) is 25.5 Å². The largest absolute Gasteiger partial charge is 0.334 e. The van der Waals surface area contributed by atoms with E-state index < -0.39 is 15.4 Å². The van der Waals surface area contributed by atoms with Gasteiger partial charge in [-0.05, 0) is 53.4 Å². The highest BCUT2D eigenvalue weighted by atomic mass is 79.9. The highest BCUT2D eigenvalue weighted by Crippen LogP contribution is 2.38. The smallest absolute Gasteiger partial charge is 0.258 e. The predicted octanol–water partition coefficient (Wildman–Crippen LogP) is 2.24.